The van der Waals surface area contributed by atoms with Crippen LogP contribution in [0.4, 0.5) is 0 Å². The van der Waals surface area contributed by atoms with E-state index >= 15 is 0 Å². The van der Waals surface area contributed by atoms with Gasteiger partial charge in [-0.15, -0.1) is 0 Å². The van der Waals surface area contributed by atoms with Crippen molar-refractivity contribution in [2.75, 3.05) is 6.61 Å². The molecule has 5 heteroatoms. The van der Waals surface area contributed by atoms with E-state index in [1.54, 1.807) is 0 Å². The number of aryl methyl sites for hydroxylation is 1. The van der Waals surface area contributed by atoms with Crippen LogP contribution in [0.15, 0.2) is 28.8 Å². The van der Waals surface area contributed by atoms with Gasteiger partial charge in [0.1, 0.15) is 6.04 Å². The molecule has 1 heterocycles. The molecule has 0 bridgehead atoms. The van der Waals surface area contributed by atoms with E-state index in [1.165, 1.54) is 5.56 Å². The maximum Gasteiger partial charge on any atom is 0.245 e. The number of aromatic nitrogens is 2. The van der Waals surface area contributed by atoms with Crippen LogP contribution in [0.25, 0.3) is 0 Å². The topological polar surface area (TPSA) is 85.2 Å². The quantitative estimate of drug-likeness (QED) is 0.821. The molecule has 0 radical (unpaired) electrons. The van der Waals surface area contributed by atoms with Gasteiger partial charge in [0.05, 0.1) is 6.61 Å². The summed E-state index contributed by atoms with van der Waals surface area (Å²) < 4.78 is 4.98. The first-order valence-corrected chi connectivity index (χ1v) is 5.44. The molecular formula is C12H15N3O2. The molecule has 0 saturated carbocycles. The van der Waals surface area contributed by atoms with E-state index in [-0.39, 0.29) is 12.5 Å². The average Bonchev–Trinajstić information content (AvgIpc) is 2.80. The van der Waals surface area contributed by atoms with Crippen LogP contribution in [0.5, 0.6) is 0 Å². The zero-order valence-corrected chi connectivity index (χ0v) is 9.63. The molecular weight excluding hydrogens is 218 g/mol. The molecule has 3 N–H and O–H groups in total. The first-order chi connectivity index (χ1) is 8.20. The third-order valence-corrected chi connectivity index (χ3v) is 2.61. The summed E-state index contributed by atoms with van der Waals surface area (Å²) in [5, 5.41) is 12.7. The van der Waals surface area contributed by atoms with Gasteiger partial charge in [0, 0.05) is 6.42 Å². The van der Waals surface area contributed by atoms with Gasteiger partial charge in [-0.05, 0) is 18.1 Å². The molecule has 1 unspecified atom stereocenters. The third-order valence-electron chi connectivity index (χ3n) is 2.61. The van der Waals surface area contributed by atoms with E-state index < -0.39 is 6.04 Å². The van der Waals surface area contributed by atoms with Crippen molar-refractivity contribution < 1.29 is 9.63 Å². The Kier molecular flexibility index (Phi) is 3.51. The fourth-order valence-electron chi connectivity index (χ4n) is 1.55. The fraction of sp³-hybridized carbons (Fsp3) is 0.333. The number of nitrogens with zero attached hydrogens (tertiary/aromatic N) is 2. The second-order valence-corrected chi connectivity index (χ2v) is 3.94. The van der Waals surface area contributed by atoms with Crippen LogP contribution in [0.2, 0.25) is 0 Å². The Labute approximate surface area is 99.3 Å². The van der Waals surface area contributed by atoms with Gasteiger partial charge in [-0.3, -0.25) is 0 Å². The monoisotopic (exact) mass is 233 g/mol. The van der Waals surface area contributed by atoms with Crippen LogP contribution in [0, 0.1) is 6.92 Å². The SMILES string of the molecule is Cc1ccccc1Cc1noc(C(N)CO)n1. The van der Waals surface area contributed by atoms with E-state index in [2.05, 4.69) is 10.1 Å². The minimum Gasteiger partial charge on any atom is -0.394 e. The molecule has 1 aromatic heterocycles. The lowest BCUT2D eigenvalue weighted by atomic mass is 10.1. The summed E-state index contributed by atoms with van der Waals surface area (Å²) in [4.78, 5) is 4.15. The number of hydrogen-bond donors (Lipinski definition) is 2. The fourth-order valence-corrected chi connectivity index (χ4v) is 1.55. The summed E-state index contributed by atoms with van der Waals surface area (Å²) >= 11 is 0. The summed E-state index contributed by atoms with van der Waals surface area (Å²) in [5.41, 5.74) is 7.92. The number of aliphatic hydroxyl groups excluding tert-OH is 1. The smallest absolute Gasteiger partial charge is 0.245 e. The minimum absolute atomic E-state index is 0.202. The summed E-state index contributed by atoms with van der Waals surface area (Å²) in [7, 11) is 0. The molecule has 2 aromatic rings. The number of rotatable bonds is 4. The van der Waals surface area contributed by atoms with E-state index in [1.807, 2.05) is 31.2 Å². The summed E-state index contributed by atoms with van der Waals surface area (Å²) in [6.45, 7) is 1.84. The molecule has 0 spiro atoms. The second-order valence-electron chi connectivity index (χ2n) is 3.94. The number of benzene rings is 1. The molecule has 0 saturated heterocycles. The largest absolute Gasteiger partial charge is 0.394 e. The Bertz CT molecular complexity index is 496. The van der Waals surface area contributed by atoms with Gasteiger partial charge in [0.15, 0.2) is 5.82 Å². The highest BCUT2D eigenvalue weighted by Crippen LogP contribution is 2.13. The Hall–Kier alpha value is -1.72. The predicted octanol–water partition coefficient (Wildman–Crippen LogP) is 0.961. The van der Waals surface area contributed by atoms with Gasteiger partial charge in [0.25, 0.3) is 0 Å². The summed E-state index contributed by atoms with van der Waals surface area (Å²) in [5.74, 6) is 0.856. The van der Waals surface area contributed by atoms with Gasteiger partial charge in [-0.1, -0.05) is 29.4 Å². The first kappa shape index (κ1) is 11.8. The Balaban J connectivity index is 2.14. The highest BCUT2D eigenvalue weighted by Gasteiger charge is 2.14. The lowest BCUT2D eigenvalue weighted by Gasteiger charge is -2.01. The van der Waals surface area contributed by atoms with Gasteiger partial charge in [0.2, 0.25) is 5.89 Å². The maximum absolute atomic E-state index is 8.88. The molecule has 0 fully saturated rings. The van der Waals surface area contributed by atoms with Crippen molar-refractivity contribution in [2.45, 2.75) is 19.4 Å². The normalized spacial score (nSPS) is 12.6. The Morgan fingerprint density at radius 1 is 1.41 bits per heavy atom. The summed E-state index contributed by atoms with van der Waals surface area (Å²) in [6, 6.07) is 7.42. The molecule has 0 amide bonds. The lowest BCUT2D eigenvalue weighted by molar-refractivity contribution is 0.236. The van der Waals surface area contributed by atoms with Gasteiger partial charge in [-0.25, -0.2) is 0 Å². The second kappa shape index (κ2) is 5.07. The standard InChI is InChI=1S/C12H15N3O2/c1-8-4-2-3-5-9(8)6-11-14-12(17-15-11)10(13)7-16/h2-5,10,16H,6-7,13H2,1H3. The number of nitrogens with two attached hydrogens (primary N) is 1. The third kappa shape index (κ3) is 2.69. The lowest BCUT2D eigenvalue weighted by Crippen LogP contribution is -2.14. The first-order valence-electron chi connectivity index (χ1n) is 5.44. The molecule has 0 aliphatic rings. The van der Waals surface area contributed by atoms with E-state index in [0.29, 0.717) is 12.2 Å². The van der Waals surface area contributed by atoms with Crippen LogP contribution in [0.1, 0.15) is 28.9 Å². The molecule has 0 aliphatic carbocycles. The van der Waals surface area contributed by atoms with Crippen LogP contribution in [-0.4, -0.2) is 21.9 Å². The van der Waals surface area contributed by atoms with Crippen molar-refractivity contribution in [2.24, 2.45) is 5.73 Å². The van der Waals surface area contributed by atoms with E-state index in [9.17, 15) is 0 Å². The van der Waals surface area contributed by atoms with Crippen molar-refractivity contribution in [3.8, 4) is 0 Å². The molecule has 17 heavy (non-hydrogen) atoms. The van der Waals surface area contributed by atoms with Crippen molar-refractivity contribution in [3.05, 3.63) is 47.1 Å². The van der Waals surface area contributed by atoms with Crippen molar-refractivity contribution in [1.29, 1.82) is 0 Å². The van der Waals surface area contributed by atoms with Crippen molar-refractivity contribution in [3.63, 3.8) is 0 Å². The van der Waals surface area contributed by atoms with E-state index in [0.717, 1.165) is 5.56 Å². The van der Waals surface area contributed by atoms with Crippen molar-refractivity contribution >= 4 is 0 Å². The zero-order valence-electron chi connectivity index (χ0n) is 9.63. The Morgan fingerprint density at radius 2 is 2.18 bits per heavy atom. The van der Waals surface area contributed by atoms with Crippen molar-refractivity contribution in [1.82, 2.24) is 10.1 Å². The van der Waals surface area contributed by atoms with Gasteiger partial charge >= 0.3 is 0 Å². The summed E-state index contributed by atoms with van der Waals surface area (Å²) in [6.07, 6.45) is 0.605. The molecule has 5 nitrogen and oxygen atoms in total. The molecule has 0 aliphatic heterocycles. The highest BCUT2D eigenvalue weighted by atomic mass is 16.5. The number of hydrogen-bond acceptors (Lipinski definition) is 5. The highest BCUT2D eigenvalue weighted by molar-refractivity contribution is 5.27. The average molecular weight is 233 g/mol. The Morgan fingerprint density at radius 3 is 2.88 bits per heavy atom. The van der Waals surface area contributed by atoms with Gasteiger partial charge < -0.3 is 15.4 Å². The molecule has 90 valence electrons. The minimum atomic E-state index is -0.604. The molecule has 1 atom stereocenters. The molecule has 2 rings (SSSR count). The molecule has 1 aromatic carbocycles. The van der Waals surface area contributed by atoms with E-state index in [4.69, 9.17) is 15.4 Å². The van der Waals surface area contributed by atoms with Gasteiger partial charge in [-0.2, -0.15) is 4.98 Å². The zero-order chi connectivity index (χ0) is 12.3. The maximum atomic E-state index is 8.88. The van der Waals surface area contributed by atoms with Crippen LogP contribution < -0.4 is 5.73 Å². The predicted molar refractivity (Wildman–Crippen MR) is 62.3 cm³/mol. The van der Waals surface area contributed by atoms with Crippen LogP contribution >= 0.6 is 0 Å². The van der Waals surface area contributed by atoms with Crippen LogP contribution in [-0.2, 0) is 6.42 Å². The number of aliphatic hydroxyl groups is 1. The van der Waals surface area contributed by atoms with Crippen LogP contribution in [0.3, 0.4) is 0 Å².